The van der Waals surface area contributed by atoms with Crippen molar-refractivity contribution in [2.24, 2.45) is 0 Å². The smallest absolute Gasteiger partial charge is 0.196 e. The largest absolute Gasteiger partial charge is 0.398 e. The zero-order valence-corrected chi connectivity index (χ0v) is 11.8. The Hall–Kier alpha value is -2.81. The Kier molecular flexibility index (Phi) is 3.91. The van der Waals surface area contributed by atoms with E-state index in [4.69, 9.17) is 11.0 Å². The van der Waals surface area contributed by atoms with E-state index in [-0.39, 0.29) is 22.4 Å². The molecule has 6 heteroatoms. The Morgan fingerprint density at radius 3 is 2.32 bits per heavy atom. The molecule has 0 spiro atoms. The molecule has 0 heterocycles. The SMILES string of the molecule is Cc1c(F)cc(C(=O)c2ccc(N)c(C#N)c2C)c(F)c1F. The number of nitrogens with two attached hydrogens (primary N) is 1. The summed E-state index contributed by atoms with van der Waals surface area (Å²) in [4.78, 5) is 12.4. The number of nitrogens with zero attached hydrogens (tertiary/aromatic N) is 1. The maximum atomic E-state index is 13.9. The van der Waals surface area contributed by atoms with Gasteiger partial charge in [0.1, 0.15) is 11.9 Å². The van der Waals surface area contributed by atoms with E-state index in [2.05, 4.69) is 0 Å². The summed E-state index contributed by atoms with van der Waals surface area (Å²) < 4.78 is 41.1. The lowest BCUT2D eigenvalue weighted by atomic mass is 9.94. The number of ketones is 1. The minimum absolute atomic E-state index is 0.0349. The van der Waals surface area contributed by atoms with E-state index in [0.29, 0.717) is 6.07 Å². The fourth-order valence-corrected chi connectivity index (χ4v) is 2.12. The average molecular weight is 304 g/mol. The van der Waals surface area contributed by atoms with Crippen LogP contribution in [0, 0.1) is 42.6 Å². The molecule has 0 aliphatic carbocycles. The fourth-order valence-electron chi connectivity index (χ4n) is 2.12. The molecule has 112 valence electrons. The first-order valence-electron chi connectivity index (χ1n) is 6.27. The second kappa shape index (κ2) is 5.53. The topological polar surface area (TPSA) is 66.9 Å². The number of nitriles is 1. The molecule has 0 fully saturated rings. The first kappa shape index (κ1) is 15.6. The maximum Gasteiger partial charge on any atom is 0.196 e. The number of hydrogen-bond acceptors (Lipinski definition) is 3. The van der Waals surface area contributed by atoms with Gasteiger partial charge in [0.05, 0.1) is 11.1 Å². The van der Waals surface area contributed by atoms with E-state index in [9.17, 15) is 18.0 Å². The lowest BCUT2D eigenvalue weighted by Crippen LogP contribution is -2.11. The second-order valence-corrected chi connectivity index (χ2v) is 4.80. The number of carbonyl (C=O) groups is 1. The van der Waals surface area contributed by atoms with E-state index >= 15 is 0 Å². The van der Waals surface area contributed by atoms with Crippen molar-refractivity contribution in [1.82, 2.24) is 0 Å². The van der Waals surface area contributed by atoms with Gasteiger partial charge in [0, 0.05) is 16.8 Å². The van der Waals surface area contributed by atoms with E-state index in [0.717, 1.165) is 6.92 Å². The van der Waals surface area contributed by atoms with Gasteiger partial charge in [-0.3, -0.25) is 4.79 Å². The van der Waals surface area contributed by atoms with Crippen LogP contribution < -0.4 is 5.73 Å². The number of rotatable bonds is 2. The third-order valence-electron chi connectivity index (χ3n) is 3.49. The molecule has 0 saturated heterocycles. The summed E-state index contributed by atoms with van der Waals surface area (Å²) in [6.45, 7) is 2.53. The van der Waals surface area contributed by atoms with Gasteiger partial charge in [0.25, 0.3) is 0 Å². The van der Waals surface area contributed by atoms with Gasteiger partial charge in [-0.05, 0) is 37.6 Å². The molecular formula is C16H11F3N2O. The number of halogens is 3. The third-order valence-corrected chi connectivity index (χ3v) is 3.49. The Bertz CT molecular complexity index is 839. The van der Waals surface area contributed by atoms with E-state index < -0.39 is 34.4 Å². The van der Waals surface area contributed by atoms with Gasteiger partial charge in [-0.1, -0.05) is 0 Å². The minimum atomic E-state index is -1.42. The number of anilines is 1. The molecule has 0 radical (unpaired) electrons. The molecule has 0 atom stereocenters. The number of hydrogen-bond donors (Lipinski definition) is 1. The van der Waals surface area contributed by atoms with Crippen LogP contribution in [0.3, 0.4) is 0 Å². The lowest BCUT2D eigenvalue weighted by Gasteiger charge is -2.11. The quantitative estimate of drug-likeness (QED) is 0.525. The zero-order chi connectivity index (χ0) is 16.6. The molecule has 0 amide bonds. The molecule has 2 aromatic carbocycles. The van der Waals surface area contributed by atoms with Crippen molar-refractivity contribution in [2.75, 3.05) is 5.73 Å². The van der Waals surface area contributed by atoms with Crippen molar-refractivity contribution in [3.8, 4) is 6.07 Å². The molecule has 2 rings (SSSR count). The molecule has 0 aliphatic heterocycles. The molecule has 2 N–H and O–H groups in total. The van der Waals surface area contributed by atoms with Crippen LogP contribution in [0.2, 0.25) is 0 Å². The van der Waals surface area contributed by atoms with Crippen LogP contribution >= 0.6 is 0 Å². The van der Waals surface area contributed by atoms with Crippen molar-refractivity contribution in [3.05, 3.63) is 63.5 Å². The molecule has 3 nitrogen and oxygen atoms in total. The van der Waals surface area contributed by atoms with Gasteiger partial charge in [-0.2, -0.15) is 5.26 Å². The Balaban J connectivity index is 2.67. The van der Waals surface area contributed by atoms with Crippen LogP contribution in [0.4, 0.5) is 18.9 Å². The predicted molar refractivity (Wildman–Crippen MR) is 74.8 cm³/mol. The van der Waals surface area contributed by atoms with Gasteiger partial charge < -0.3 is 5.73 Å². The highest BCUT2D eigenvalue weighted by Gasteiger charge is 2.23. The fraction of sp³-hybridized carbons (Fsp3) is 0.125. The van der Waals surface area contributed by atoms with Crippen molar-refractivity contribution in [3.63, 3.8) is 0 Å². The first-order valence-corrected chi connectivity index (χ1v) is 6.27. The van der Waals surface area contributed by atoms with Crippen LogP contribution in [-0.4, -0.2) is 5.78 Å². The van der Waals surface area contributed by atoms with Gasteiger partial charge >= 0.3 is 0 Å². The monoisotopic (exact) mass is 304 g/mol. The maximum absolute atomic E-state index is 13.9. The Labute approximate surface area is 124 Å². The molecule has 0 unspecified atom stereocenters. The summed E-state index contributed by atoms with van der Waals surface area (Å²) in [5.41, 5.74) is 4.81. The highest BCUT2D eigenvalue weighted by atomic mass is 19.2. The molecule has 0 aromatic heterocycles. The molecule has 0 aliphatic rings. The summed E-state index contributed by atoms with van der Waals surface area (Å²) in [6, 6.07) is 5.10. The standard InChI is InChI=1S/C16H11F3N2O/c1-7-9(3-4-13(21)11(7)6-20)16(22)10-5-12(17)8(2)14(18)15(10)19/h3-5H,21H2,1-2H3. The van der Waals surface area contributed by atoms with Crippen molar-refractivity contribution in [2.45, 2.75) is 13.8 Å². The van der Waals surface area contributed by atoms with Crippen LogP contribution in [-0.2, 0) is 0 Å². The number of carbonyl (C=O) groups excluding carboxylic acids is 1. The molecule has 2 aromatic rings. The summed E-state index contributed by atoms with van der Waals surface area (Å²) in [5.74, 6) is -4.75. The van der Waals surface area contributed by atoms with E-state index in [1.807, 2.05) is 6.07 Å². The van der Waals surface area contributed by atoms with Crippen LogP contribution in [0.5, 0.6) is 0 Å². The van der Waals surface area contributed by atoms with Crippen molar-refractivity contribution < 1.29 is 18.0 Å². The van der Waals surface area contributed by atoms with Crippen molar-refractivity contribution >= 4 is 11.5 Å². The minimum Gasteiger partial charge on any atom is -0.398 e. The second-order valence-electron chi connectivity index (χ2n) is 4.80. The summed E-state index contributed by atoms with van der Waals surface area (Å²) in [5, 5.41) is 9.02. The molecule has 0 bridgehead atoms. The van der Waals surface area contributed by atoms with Crippen LogP contribution in [0.15, 0.2) is 18.2 Å². The van der Waals surface area contributed by atoms with Crippen molar-refractivity contribution in [1.29, 1.82) is 5.26 Å². The van der Waals surface area contributed by atoms with Gasteiger partial charge in [-0.25, -0.2) is 13.2 Å². The van der Waals surface area contributed by atoms with Gasteiger partial charge in [-0.15, -0.1) is 0 Å². The van der Waals surface area contributed by atoms with E-state index in [1.54, 1.807) is 0 Å². The first-order chi connectivity index (χ1) is 10.3. The average Bonchev–Trinajstić information content (AvgIpc) is 2.49. The van der Waals surface area contributed by atoms with E-state index in [1.165, 1.54) is 19.1 Å². The van der Waals surface area contributed by atoms with Crippen LogP contribution in [0.25, 0.3) is 0 Å². The molecule has 22 heavy (non-hydrogen) atoms. The highest BCUT2D eigenvalue weighted by molar-refractivity contribution is 6.10. The zero-order valence-electron chi connectivity index (χ0n) is 11.8. The van der Waals surface area contributed by atoms with Crippen LogP contribution in [0.1, 0.15) is 32.6 Å². The van der Waals surface area contributed by atoms with Gasteiger partial charge in [0.2, 0.25) is 0 Å². The predicted octanol–water partition coefficient (Wildman–Crippen LogP) is 3.41. The summed E-state index contributed by atoms with van der Waals surface area (Å²) in [7, 11) is 0. The third kappa shape index (κ3) is 2.31. The summed E-state index contributed by atoms with van der Waals surface area (Å²) >= 11 is 0. The molecular weight excluding hydrogens is 293 g/mol. The molecule has 0 saturated carbocycles. The van der Waals surface area contributed by atoms with Gasteiger partial charge in [0.15, 0.2) is 17.4 Å². The normalized spacial score (nSPS) is 10.4. The highest BCUT2D eigenvalue weighted by Crippen LogP contribution is 2.26. The number of benzene rings is 2. The summed E-state index contributed by atoms with van der Waals surface area (Å²) in [6.07, 6.45) is 0. The Morgan fingerprint density at radius 2 is 1.73 bits per heavy atom. The lowest BCUT2D eigenvalue weighted by molar-refractivity contribution is 0.103. The number of nitrogen functional groups attached to an aromatic ring is 1. The Morgan fingerprint density at radius 1 is 1.09 bits per heavy atom.